The van der Waals surface area contributed by atoms with Crippen LogP contribution in [-0.2, 0) is 4.79 Å². The zero-order valence-electron chi connectivity index (χ0n) is 8.70. The first kappa shape index (κ1) is 12.9. The zero-order valence-corrected chi connectivity index (χ0v) is 9.52. The molecule has 1 rings (SSSR count). The highest BCUT2D eigenvalue weighted by molar-refractivity contribution is 7.98. The minimum atomic E-state index is -1.23. The highest BCUT2D eigenvalue weighted by Gasteiger charge is 2.20. The van der Waals surface area contributed by atoms with Gasteiger partial charge in [-0.1, -0.05) is 11.8 Å². The van der Waals surface area contributed by atoms with E-state index < -0.39 is 18.1 Å². The molecule has 0 saturated heterocycles. The standard InChI is InChI=1S/C9H13N3O3S/c1-16-9-11-3-5(4-12-9)8(15)6(13)2-7(10)14/h3-4,6,8,13,15H,2H2,1H3,(H2,10,14). The van der Waals surface area contributed by atoms with Gasteiger partial charge in [0.25, 0.3) is 0 Å². The third-order valence-corrected chi connectivity index (χ3v) is 2.52. The SMILES string of the molecule is CSc1ncc(C(O)C(O)CC(N)=O)cn1. The van der Waals surface area contributed by atoms with Crippen LogP contribution in [0.25, 0.3) is 0 Å². The lowest BCUT2D eigenvalue weighted by molar-refractivity contribution is -0.121. The van der Waals surface area contributed by atoms with Gasteiger partial charge in [0.15, 0.2) is 5.16 Å². The normalized spacial score (nSPS) is 14.4. The fourth-order valence-corrected chi connectivity index (χ4v) is 1.44. The molecular weight excluding hydrogens is 230 g/mol. The van der Waals surface area contributed by atoms with Crippen molar-refractivity contribution in [1.29, 1.82) is 0 Å². The Kier molecular flexibility index (Phi) is 4.66. The molecule has 0 radical (unpaired) electrons. The molecule has 0 spiro atoms. The number of amides is 1. The number of nitrogens with two attached hydrogens (primary N) is 1. The third-order valence-electron chi connectivity index (χ3n) is 1.95. The summed E-state index contributed by atoms with van der Waals surface area (Å²) in [5, 5.41) is 19.7. The van der Waals surface area contributed by atoms with E-state index in [1.165, 1.54) is 24.2 Å². The van der Waals surface area contributed by atoms with Gasteiger partial charge < -0.3 is 15.9 Å². The summed E-state index contributed by atoms with van der Waals surface area (Å²) < 4.78 is 0. The summed E-state index contributed by atoms with van der Waals surface area (Å²) in [5.41, 5.74) is 5.26. The maximum Gasteiger partial charge on any atom is 0.220 e. The largest absolute Gasteiger partial charge is 0.390 e. The summed E-state index contributed by atoms with van der Waals surface area (Å²) in [7, 11) is 0. The Morgan fingerprint density at radius 2 is 2.06 bits per heavy atom. The maximum absolute atomic E-state index is 10.6. The quantitative estimate of drug-likeness (QED) is 0.473. The molecule has 4 N–H and O–H groups in total. The predicted octanol–water partition coefficient (Wildman–Crippen LogP) is -0.532. The Balaban J connectivity index is 2.71. The minimum Gasteiger partial charge on any atom is -0.390 e. The number of rotatable bonds is 5. The first-order chi connectivity index (χ1) is 7.54. The highest BCUT2D eigenvalue weighted by atomic mass is 32.2. The van der Waals surface area contributed by atoms with Crippen molar-refractivity contribution in [2.45, 2.75) is 23.8 Å². The van der Waals surface area contributed by atoms with Crippen LogP contribution in [0.2, 0.25) is 0 Å². The fourth-order valence-electron chi connectivity index (χ4n) is 1.12. The Morgan fingerprint density at radius 3 is 2.50 bits per heavy atom. The molecule has 1 aromatic rings. The molecule has 16 heavy (non-hydrogen) atoms. The van der Waals surface area contributed by atoms with Gasteiger partial charge in [-0.25, -0.2) is 9.97 Å². The van der Waals surface area contributed by atoms with Crippen molar-refractivity contribution in [2.24, 2.45) is 5.73 Å². The average Bonchev–Trinajstić information content (AvgIpc) is 2.27. The number of carbonyl (C=O) groups excluding carboxylic acids is 1. The Bertz CT molecular complexity index is 358. The van der Waals surface area contributed by atoms with E-state index in [9.17, 15) is 15.0 Å². The molecule has 0 aromatic carbocycles. The number of carbonyl (C=O) groups is 1. The van der Waals surface area contributed by atoms with E-state index in [1.54, 1.807) is 0 Å². The lowest BCUT2D eigenvalue weighted by atomic mass is 10.1. The molecule has 0 fully saturated rings. The van der Waals surface area contributed by atoms with Crippen LogP contribution in [0.15, 0.2) is 17.6 Å². The maximum atomic E-state index is 10.6. The van der Waals surface area contributed by atoms with Crippen LogP contribution < -0.4 is 5.73 Å². The lowest BCUT2D eigenvalue weighted by Crippen LogP contribution is -2.25. The van der Waals surface area contributed by atoms with Crippen molar-refractivity contribution in [2.75, 3.05) is 6.26 Å². The van der Waals surface area contributed by atoms with Crippen LogP contribution in [0, 0.1) is 0 Å². The van der Waals surface area contributed by atoms with Crippen molar-refractivity contribution in [3.8, 4) is 0 Å². The number of aliphatic hydroxyl groups is 2. The van der Waals surface area contributed by atoms with Crippen molar-refractivity contribution in [1.82, 2.24) is 9.97 Å². The van der Waals surface area contributed by atoms with E-state index in [0.29, 0.717) is 10.7 Å². The molecule has 1 amide bonds. The topological polar surface area (TPSA) is 109 Å². The second kappa shape index (κ2) is 5.78. The van der Waals surface area contributed by atoms with Gasteiger partial charge in [0.1, 0.15) is 6.10 Å². The van der Waals surface area contributed by atoms with Crippen molar-refractivity contribution < 1.29 is 15.0 Å². The minimum absolute atomic E-state index is 0.300. The molecule has 0 saturated carbocycles. The molecule has 1 heterocycles. The first-order valence-corrected chi connectivity index (χ1v) is 5.77. The van der Waals surface area contributed by atoms with Crippen molar-refractivity contribution in [3.05, 3.63) is 18.0 Å². The number of aromatic nitrogens is 2. The summed E-state index contributed by atoms with van der Waals surface area (Å²) in [6.45, 7) is 0. The van der Waals surface area contributed by atoms with Crippen LogP contribution in [0.5, 0.6) is 0 Å². The first-order valence-electron chi connectivity index (χ1n) is 4.55. The molecule has 0 aliphatic rings. The van der Waals surface area contributed by atoms with Crippen LogP contribution in [-0.4, -0.2) is 38.4 Å². The van der Waals surface area contributed by atoms with E-state index in [2.05, 4.69) is 9.97 Å². The summed E-state index contributed by atoms with van der Waals surface area (Å²) >= 11 is 1.37. The Morgan fingerprint density at radius 1 is 1.50 bits per heavy atom. The van der Waals surface area contributed by atoms with E-state index in [1.807, 2.05) is 6.26 Å². The average molecular weight is 243 g/mol. The highest BCUT2D eigenvalue weighted by Crippen LogP contribution is 2.18. The van der Waals surface area contributed by atoms with E-state index in [4.69, 9.17) is 5.73 Å². The number of nitrogens with zero attached hydrogens (tertiary/aromatic N) is 2. The van der Waals surface area contributed by atoms with Crippen molar-refractivity contribution in [3.63, 3.8) is 0 Å². The van der Waals surface area contributed by atoms with Crippen LogP contribution in [0.4, 0.5) is 0 Å². The second-order valence-corrected chi connectivity index (χ2v) is 3.96. The molecular formula is C9H13N3O3S. The number of aliphatic hydroxyl groups excluding tert-OH is 2. The monoisotopic (exact) mass is 243 g/mol. The molecule has 2 unspecified atom stereocenters. The van der Waals surface area contributed by atoms with Gasteiger partial charge in [-0.15, -0.1) is 0 Å². The van der Waals surface area contributed by atoms with Gasteiger partial charge >= 0.3 is 0 Å². The Labute approximate surface area is 96.9 Å². The molecule has 1 aromatic heterocycles. The molecule has 2 atom stereocenters. The smallest absolute Gasteiger partial charge is 0.220 e. The van der Waals surface area contributed by atoms with Crippen LogP contribution >= 0.6 is 11.8 Å². The van der Waals surface area contributed by atoms with Gasteiger partial charge in [-0.05, 0) is 6.26 Å². The van der Waals surface area contributed by atoms with E-state index in [-0.39, 0.29) is 6.42 Å². The van der Waals surface area contributed by atoms with Gasteiger partial charge in [0, 0.05) is 18.0 Å². The molecule has 0 bridgehead atoms. The van der Waals surface area contributed by atoms with Gasteiger partial charge in [0.05, 0.1) is 12.5 Å². The third kappa shape index (κ3) is 3.44. The van der Waals surface area contributed by atoms with Crippen LogP contribution in [0.1, 0.15) is 18.1 Å². The van der Waals surface area contributed by atoms with E-state index >= 15 is 0 Å². The number of thioether (sulfide) groups is 1. The molecule has 6 nitrogen and oxygen atoms in total. The van der Waals surface area contributed by atoms with Gasteiger partial charge in [0.2, 0.25) is 5.91 Å². The molecule has 0 aliphatic heterocycles. The second-order valence-electron chi connectivity index (χ2n) is 3.19. The van der Waals surface area contributed by atoms with Gasteiger partial charge in [-0.3, -0.25) is 4.79 Å². The molecule has 0 aliphatic carbocycles. The summed E-state index contributed by atoms with van der Waals surface area (Å²) in [5.74, 6) is -0.673. The summed E-state index contributed by atoms with van der Waals surface area (Å²) in [6.07, 6.45) is 1.91. The molecule has 7 heteroatoms. The summed E-state index contributed by atoms with van der Waals surface area (Å²) in [4.78, 5) is 18.5. The number of hydrogen-bond acceptors (Lipinski definition) is 6. The number of primary amides is 1. The zero-order chi connectivity index (χ0) is 12.1. The molecule has 88 valence electrons. The lowest BCUT2D eigenvalue weighted by Gasteiger charge is -2.15. The number of hydrogen-bond donors (Lipinski definition) is 3. The van der Waals surface area contributed by atoms with E-state index in [0.717, 1.165) is 0 Å². The van der Waals surface area contributed by atoms with Crippen molar-refractivity contribution >= 4 is 17.7 Å². The fraction of sp³-hybridized carbons (Fsp3) is 0.444. The van der Waals surface area contributed by atoms with Crippen LogP contribution in [0.3, 0.4) is 0 Å². The summed E-state index contributed by atoms with van der Waals surface area (Å²) in [6, 6.07) is 0. The predicted molar refractivity (Wildman–Crippen MR) is 58.6 cm³/mol. The Hall–Kier alpha value is -1.18. The van der Waals surface area contributed by atoms with Gasteiger partial charge in [-0.2, -0.15) is 0 Å².